The van der Waals surface area contributed by atoms with Crippen molar-refractivity contribution in [2.24, 2.45) is 10.9 Å². The Kier molecular flexibility index (Phi) is 4.26. The van der Waals surface area contributed by atoms with E-state index in [1.54, 1.807) is 0 Å². The molecule has 3 nitrogen and oxygen atoms in total. The highest BCUT2D eigenvalue weighted by molar-refractivity contribution is 6.82. The molecular weight excluding hydrogens is 244 g/mol. The lowest BCUT2D eigenvalue weighted by molar-refractivity contribution is 0.326. The maximum Gasteiger partial charge on any atom is 0.278 e. The summed E-state index contributed by atoms with van der Waals surface area (Å²) in [6.45, 7) is 13.5. The Morgan fingerprint density at radius 1 is 1.12 bits per heavy atom. The number of rotatable bonds is 3. The molecule has 0 aromatic carbocycles. The number of hydrogen-bond donors (Lipinski definition) is 1. The molecule has 5 heteroatoms. The normalized spacial score (nSPS) is 29.5. The largest absolute Gasteiger partial charge is 0.456 e. The van der Waals surface area contributed by atoms with Gasteiger partial charge < -0.3 is 10.3 Å². The Hall–Kier alpha value is -0.136. The molecule has 0 bridgehead atoms. The molecule has 0 radical (unpaired) electrons. The van der Waals surface area contributed by atoms with Crippen molar-refractivity contribution in [3.63, 3.8) is 0 Å². The quantitative estimate of drug-likeness (QED) is 0.633. The molecule has 1 saturated carbocycles. The standard InChI is InChI=1S/C12H28N2OSi2/c1-16(2,3)12(13)10-8-7-9-11(12)14-15-17(4,5)6/h7-10,13H2,1-6H3. The molecule has 2 N–H and O–H groups in total. The number of nitrogens with zero attached hydrogens (tertiary/aromatic N) is 1. The summed E-state index contributed by atoms with van der Waals surface area (Å²) >= 11 is 0. The van der Waals surface area contributed by atoms with Crippen LogP contribution in [0.2, 0.25) is 39.3 Å². The summed E-state index contributed by atoms with van der Waals surface area (Å²) in [6, 6.07) is 0. The molecule has 0 heterocycles. The molecule has 0 amide bonds. The van der Waals surface area contributed by atoms with Crippen LogP contribution in [-0.2, 0) is 4.53 Å². The van der Waals surface area contributed by atoms with Gasteiger partial charge in [0.2, 0.25) is 0 Å². The van der Waals surface area contributed by atoms with Crippen LogP contribution in [0.15, 0.2) is 5.16 Å². The topological polar surface area (TPSA) is 47.6 Å². The van der Waals surface area contributed by atoms with Crippen molar-refractivity contribution in [1.82, 2.24) is 0 Å². The minimum Gasteiger partial charge on any atom is -0.456 e. The van der Waals surface area contributed by atoms with E-state index in [4.69, 9.17) is 10.3 Å². The van der Waals surface area contributed by atoms with E-state index in [1.165, 1.54) is 12.8 Å². The lowest BCUT2D eigenvalue weighted by atomic mass is 9.93. The van der Waals surface area contributed by atoms with E-state index in [2.05, 4.69) is 44.4 Å². The second-order valence-corrected chi connectivity index (χ2v) is 17.0. The predicted octanol–water partition coefficient (Wildman–Crippen LogP) is 3.34. The molecule has 0 aromatic rings. The molecule has 0 aromatic heterocycles. The molecule has 1 rings (SSSR count). The molecule has 1 atom stereocenters. The summed E-state index contributed by atoms with van der Waals surface area (Å²) in [5.74, 6) is 0. The molecule has 17 heavy (non-hydrogen) atoms. The van der Waals surface area contributed by atoms with Gasteiger partial charge in [-0.15, -0.1) is 5.16 Å². The van der Waals surface area contributed by atoms with Crippen LogP contribution >= 0.6 is 0 Å². The molecule has 0 aliphatic heterocycles. The zero-order chi connectivity index (χ0) is 13.3. The number of nitrogens with two attached hydrogens (primary N) is 1. The number of hydrogen-bond acceptors (Lipinski definition) is 3. The fourth-order valence-corrected chi connectivity index (χ4v) is 4.54. The second kappa shape index (κ2) is 4.86. The Labute approximate surface area is 108 Å². The van der Waals surface area contributed by atoms with Gasteiger partial charge in [-0.1, -0.05) is 26.1 Å². The third-order valence-corrected chi connectivity index (χ3v) is 7.37. The van der Waals surface area contributed by atoms with Gasteiger partial charge in [-0.2, -0.15) is 0 Å². The monoisotopic (exact) mass is 272 g/mol. The van der Waals surface area contributed by atoms with Gasteiger partial charge in [-0.05, 0) is 38.9 Å². The highest BCUT2D eigenvalue weighted by Crippen LogP contribution is 2.32. The Bertz CT molecular complexity index is 305. The molecule has 1 aliphatic carbocycles. The smallest absolute Gasteiger partial charge is 0.278 e. The SMILES string of the molecule is C[Si](C)(C)ON=C1CCCCC1(N)[Si](C)(C)C. The van der Waals surface area contributed by atoms with Crippen molar-refractivity contribution < 1.29 is 4.53 Å². The fourth-order valence-electron chi connectivity index (χ4n) is 2.19. The lowest BCUT2D eigenvalue weighted by Gasteiger charge is -2.44. The average Bonchev–Trinajstić information content (AvgIpc) is 2.13. The van der Waals surface area contributed by atoms with Crippen LogP contribution in [0.25, 0.3) is 0 Å². The van der Waals surface area contributed by atoms with Crippen molar-refractivity contribution in [3.05, 3.63) is 0 Å². The first-order valence-electron chi connectivity index (χ1n) is 6.61. The van der Waals surface area contributed by atoms with E-state index in [0.717, 1.165) is 18.6 Å². The van der Waals surface area contributed by atoms with Crippen LogP contribution in [0.4, 0.5) is 0 Å². The zero-order valence-electron chi connectivity index (χ0n) is 12.3. The molecule has 1 unspecified atom stereocenters. The summed E-state index contributed by atoms with van der Waals surface area (Å²) in [5.41, 5.74) is 7.81. The first-order valence-corrected chi connectivity index (χ1v) is 13.5. The van der Waals surface area contributed by atoms with Crippen molar-refractivity contribution in [1.29, 1.82) is 0 Å². The van der Waals surface area contributed by atoms with E-state index in [0.29, 0.717) is 0 Å². The van der Waals surface area contributed by atoms with Gasteiger partial charge >= 0.3 is 0 Å². The van der Waals surface area contributed by atoms with E-state index < -0.39 is 16.4 Å². The third kappa shape index (κ3) is 3.66. The summed E-state index contributed by atoms with van der Waals surface area (Å²) in [6.07, 6.45) is 4.53. The van der Waals surface area contributed by atoms with Gasteiger partial charge in [0.25, 0.3) is 8.32 Å². The Balaban J connectivity index is 2.94. The van der Waals surface area contributed by atoms with Crippen molar-refractivity contribution in [2.45, 2.75) is 70.1 Å². The van der Waals surface area contributed by atoms with Crippen molar-refractivity contribution >= 4 is 22.1 Å². The van der Waals surface area contributed by atoms with Crippen LogP contribution in [0.5, 0.6) is 0 Å². The predicted molar refractivity (Wildman–Crippen MR) is 80.6 cm³/mol. The maximum atomic E-state index is 6.68. The lowest BCUT2D eigenvalue weighted by Crippen LogP contribution is -2.65. The van der Waals surface area contributed by atoms with E-state index in [1.807, 2.05) is 0 Å². The van der Waals surface area contributed by atoms with Crippen LogP contribution in [0.1, 0.15) is 25.7 Å². The highest BCUT2D eigenvalue weighted by atomic mass is 28.4. The summed E-state index contributed by atoms with van der Waals surface area (Å²) in [5, 5.41) is 4.30. The molecule has 1 fully saturated rings. The van der Waals surface area contributed by atoms with E-state index in [9.17, 15) is 0 Å². The van der Waals surface area contributed by atoms with Gasteiger partial charge in [0, 0.05) is 5.16 Å². The molecule has 0 saturated heterocycles. The Morgan fingerprint density at radius 2 is 1.71 bits per heavy atom. The molecule has 0 spiro atoms. The maximum absolute atomic E-state index is 6.68. The summed E-state index contributed by atoms with van der Waals surface area (Å²) in [7, 11) is -3.05. The van der Waals surface area contributed by atoms with E-state index in [-0.39, 0.29) is 5.16 Å². The Morgan fingerprint density at radius 3 is 2.18 bits per heavy atom. The third-order valence-electron chi connectivity index (χ3n) is 3.52. The highest BCUT2D eigenvalue weighted by Gasteiger charge is 2.45. The fraction of sp³-hybridized carbons (Fsp3) is 0.917. The van der Waals surface area contributed by atoms with Crippen molar-refractivity contribution in [3.8, 4) is 0 Å². The van der Waals surface area contributed by atoms with Gasteiger partial charge in [0.15, 0.2) is 0 Å². The van der Waals surface area contributed by atoms with Gasteiger partial charge in [0.05, 0.1) is 13.8 Å². The van der Waals surface area contributed by atoms with Gasteiger partial charge in [-0.25, -0.2) is 0 Å². The molecule has 1 aliphatic rings. The number of oxime groups is 1. The molecule has 100 valence electrons. The summed E-state index contributed by atoms with van der Waals surface area (Å²) < 4.78 is 5.73. The van der Waals surface area contributed by atoms with Crippen LogP contribution in [0, 0.1) is 0 Å². The van der Waals surface area contributed by atoms with E-state index >= 15 is 0 Å². The van der Waals surface area contributed by atoms with Crippen LogP contribution < -0.4 is 5.73 Å². The summed E-state index contributed by atoms with van der Waals surface area (Å²) in [4.78, 5) is 0. The average molecular weight is 273 g/mol. The van der Waals surface area contributed by atoms with Crippen LogP contribution in [0.3, 0.4) is 0 Å². The van der Waals surface area contributed by atoms with Crippen LogP contribution in [-0.4, -0.2) is 27.3 Å². The second-order valence-electron chi connectivity index (χ2n) is 7.17. The van der Waals surface area contributed by atoms with Gasteiger partial charge in [-0.3, -0.25) is 0 Å². The van der Waals surface area contributed by atoms with Gasteiger partial charge in [0.1, 0.15) is 0 Å². The molecular formula is C12H28N2OSi2. The first-order chi connectivity index (χ1) is 7.56. The zero-order valence-corrected chi connectivity index (χ0v) is 14.3. The minimum absolute atomic E-state index is 0.162. The van der Waals surface area contributed by atoms with Crippen molar-refractivity contribution in [2.75, 3.05) is 0 Å². The minimum atomic E-state index is -1.59. The first kappa shape index (κ1) is 14.9.